The minimum atomic E-state index is -0.210. The Morgan fingerprint density at radius 3 is 2.72 bits per heavy atom. The van der Waals surface area contributed by atoms with E-state index in [2.05, 4.69) is 25.6 Å². The molecule has 4 rings (SSSR count). The van der Waals surface area contributed by atoms with Gasteiger partial charge in [-0.1, -0.05) is 54.2 Å². The first-order chi connectivity index (χ1) is 12.3. The van der Waals surface area contributed by atoms with E-state index >= 15 is 0 Å². The average molecular weight is 351 g/mol. The molecule has 0 fully saturated rings. The smallest absolute Gasteiger partial charge is 0.236 e. The first kappa shape index (κ1) is 15.4. The summed E-state index contributed by atoms with van der Waals surface area (Å²) >= 11 is 1.32. The fraction of sp³-hybridized carbons (Fsp3) is 0.0588. The minimum absolute atomic E-state index is 0.195. The van der Waals surface area contributed by atoms with Crippen LogP contribution in [0, 0.1) is 0 Å². The molecule has 0 unspecified atom stereocenters. The van der Waals surface area contributed by atoms with Crippen LogP contribution in [0.2, 0.25) is 0 Å². The SMILES string of the molecule is O=C(CSc1nc2ccccc2[nH]1)Nc1nonc1-c1ccccc1. The number of carbonyl (C=O) groups excluding carboxylic acids is 1. The number of anilines is 1. The zero-order valence-corrected chi connectivity index (χ0v) is 13.8. The number of aromatic amines is 1. The summed E-state index contributed by atoms with van der Waals surface area (Å²) in [5.74, 6) is 0.292. The van der Waals surface area contributed by atoms with Crippen molar-refractivity contribution in [1.29, 1.82) is 0 Å². The van der Waals surface area contributed by atoms with Crippen LogP contribution in [0.15, 0.2) is 64.4 Å². The zero-order valence-electron chi connectivity index (χ0n) is 13.0. The fourth-order valence-corrected chi connectivity index (χ4v) is 3.04. The number of hydrogen-bond acceptors (Lipinski definition) is 6. The molecule has 0 bridgehead atoms. The van der Waals surface area contributed by atoms with Gasteiger partial charge in [-0.05, 0) is 22.4 Å². The van der Waals surface area contributed by atoms with E-state index in [1.54, 1.807) is 0 Å². The first-order valence-corrected chi connectivity index (χ1v) is 8.53. The summed E-state index contributed by atoms with van der Waals surface area (Å²) in [6.07, 6.45) is 0. The van der Waals surface area contributed by atoms with Crippen molar-refractivity contribution in [2.24, 2.45) is 0 Å². The summed E-state index contributed by atoms with van der Waals surface area (Å²) in [6, 6.07) is 17.1. The molecule has 0 aliphatic rings. The van der Waals surface area contributed by atoms with E-state index in [0.29, 0.717) is 16.7 Å². The van der Waals surface area contributed by atoms with Gasteiger partial charge in [-0.25, -0.2) is 9.61 Å². The first-order valence-electron chi connectivity index (χ1n) is 7.55. The van der Waals surface area contributed by atoms with Gasteiger partial charge in [-0.15, -0.1) is 0 Å². The predicted molar refractivity (Wildman–Crippen MR) is 95.2 cm³/mol. The molecule has 0 saturated carbocycles. The van der Waals surface area contributed by atoms with Crippen molar-refractivity contribution >= 4 is 34.5 Å². The summed E-state index contributed by atoms with van der Waals surface area (Å²) in [5, 5.41) is 11.0. The third kappa shape index (κ3) is 3.38. The second-order valence-electron chi connectivity index (χ2n) is 5.22. The topological polar surface area (TPSA) is 96.7 Å². The number of nitrogens with one attached hydrogen (secondary N) is 2. The standard InChI is InChI=1S/C17H13N5O2S/c23-14(10-25-17-18-12-8-4-5-9-13(12)19-17)20-16-15(21-24-22-16)11-6-2-1-3-7-11/h1-9H,10H2,(H,18,19)(H,20,22,23). The number of rotatable bonds is 5. The van der Waals surface area contributed by atoms with E-state index in [9.17, 15) is 4.79 Å². The molecule has 0 saturated heterocycles. The number of imidazole rings is 1. The zero-order chi connectivity index (χ0) is 17.1. The number of H-pyrrole nitrogens is 1. The van der Waals surface area contributed by atoms with Crippen LogP contribution in [-0.4, -0.2) is 31.9 Å². The highest BCUT2D eigenvalue weighted by Crippen LogP contribution is 2.24. The van der Waals surface area contributed by atoms with Crippen molar-refractivity contribution in [1.82, 2.24) is 20.3 Å². The molecule has 0 spiro atoms. The van der Waals surface area contributed by atoms with Gasteiger partial charge in [0.1, 0.15) is 0 Å². The Morgan fingerprint density at radius 2 is 1.88 bits per heavy atom. The van der Waals surface area contributed by atoms with Crippen LogP contribution in [0.25, 0.3) is 22.3 Å². The van der Waals surface area contributed by atoms with Crippen LogP contribution in [0.4, 0.5) is 5.82 Å². The lowest BCUT2D eigenvalue weighted by Gasteiger charge is -2.02. The quantitative estimate of drug-likeness (QED) is 0.535. The molecule has 0 aliphatic heterocycles. The van der Waals surface area contributed by atoms with Gasteiger partial charge in [0.05, 0.1) is 16.8 Å². The Morgan fingerprint density at radius 1 is 1.08 bits per heavy atom. The van der Waals surface area contributed by atoms with E-state index in [1.807, 2.05) is 54.6 Å². The maximum Gasteiger partial charge on any atom is 0.236 e. The second-order valence-corrected chi connectivity index (χ2v) is 6.19. The second kappa shape index (κ2) is 6.78. The number of benzene rings is 2. The highest BCUT2D eigenvalue weighted by Gasteiger charge is 2.15. The van der Waals surface area contributed by atoms with E-state index in [1.165, 1.54) is 11.8 Å². The summed E-state index contributed by atoms with van der Waals surface area (Å²) in [4.78, 5) is 19.8. The number of fused-ring (bicyclic) bond motifs is 1. The number of para-hydroxylation sites is 2. The largest absolute Gasteiger partial charge is 0.333 e. The molecule has 0 atom stereocenters. The minimum Gasteiger partial charge on any atom is -0.333 e. The molecule has 4 aromatic rings. The molecular formula is C17H13N5O2S. The Balaban J connectivity index is 1.42. The lowest BCUT2D eigenvalue weighted by atomic mass is 10.1. The van der Waals surface area contributed by atoms with Crippen molar-refractivity contribution in [3.8, 4) is 11.3 Å². The van der Waals surface area contributed by atoms with Crippen molar-refractivity contribution < 1.29 is 9.42 Å². The van der Waals surface area contributed by atoms with Gasteiger partial charge in [0, 0.05) is 5.56 Å². The molecule has 8 heteroatoms. The van der Waals surface area contributed by atoms with Crippen LogP contribution < -0.4 is 5.32 Å². The van der Waals surface area contributed by atoms with Gasteiger partial charge in [-0.3, -0.25) is 4.79 Å². The normalized spacial score (nSPS) is 10.9. The molecule has 2 aromatic carbocycles. The van der Waals surface area contributed by atoms with Gasteiger partial charge in [0.25, 0.3) is 0 Å². The average Bonchev–Trinajstić information content (AvgIpc) is 3.27. The number of carbonyl (C=O) groups is 1. The number of amides is 1. The molecule has 0 aliphatic carbocycles. The maximum absolute atomic E-state index is 12.2. The van der Waals surface area contributed by atoms with Gasteiger partial charge in [-0.2, -0.15) is 0 Å². The van der Waals surface area contributed by atoms with E-state index in [4.69, 9.17) is 4.63 Å². The van der Waals surface area contributed by atoms with Crippen LogP contribution in [0.1, 0.15) is 0 Å². The molecule has 2 N–H and O–H groups in total. The summed E-state index contributed by atoms with van der Waals surface area (Å²) < 4.78 is 4.76. The van der Waals surface area contributed by atoms with Crippen molar-refractivity contribution in [3.05, 3.63) is 54.6 Å². The summed E-state index contributed by atoms with van der Waals surface area (Å²) in [5.41, 5.74) is 3.14. The Kier molecular flexibility index (Phi) is 4.17. The number of nitrogens with zero attached hydrogens (tertiary/aromatic N) is 3. The van der Waals surface area contributed by atoms with Gasteiger partial charge in [0.2, 0.25) is 11.7 Å². The Hall–Kier alpha value is -3.13. The molecule has 2 heterocycles. The van der Waals surface area contributed by atoms with Crippen LogP contribution in [0.3, 0.4) is 0 Å². The molecular weight excluding hydrogens is 338 g/mol. The van der Waals surface area contributed by atoms with Crippen LogP contribution in [0.5, 0.6) is 0 Å². The molecule has 1 amide bonds. The number of thioether (sulfide) groups is 1. The van der Waals surface area contributed by atoms with E-state index in [0.717, 1.165) is 16.6 Å². The van der Waals surface area contributed by atoms with E-state index < -0.39 is 0 Å². The third-order valence-corrected chi connectivity index (χ3v) is 4.37. The third-order valence-electron chi connectivity index (χ3n) is 3.50. The van der Waals surface area contributed by atoms with Gasteiger partial charge >= 0.3 is 0 Å². The molecule has 124 valence electrons. The Labute approximate surface area is 146 Å². The molecule has 0 radical (unpaired) electrons. The Bertz CT molecular complexity index is 979. The number of hydrogen-bond donors (Lipinski definition) is 2. The van der Waals surface area contributed by atoms with Crippen molar-refractivity contribution in [3.63, 3.8) is 0 Å². The maximum atomic E-state index is 12.2. The van der Waals surface area contributed by atoms with Crippen molar-refractivity contribution in [2.45, 2.75) is 5.16 Å². The highest BCUT2D eigenvalue weighted by atomic mass is 32.2. The van der Waals surface area contributed by atoms with Gasteiger partial charge < -0.3 is 10.3 Å². The monoisotopic (exact) mass is 351 g/mol. The predicted octanol–water partition coefficient (Wildman–Crippen LogP) is 3.34. The van der Waals surface area contributed by atoms with E-state index in [-0.39, 0.29) is 11.7 Å². The molecule has 2 aromatic heterocycles. The summed E-state index contributed by atoms with van der Waals surface area (Å²) in [6.45, 7) is 0. The molecule has 7 nitrogen and oxygen atoms in total. The van der Waals surface area contributed by atoms with Crippen molar-refractivity contribution in [2.75, 3.05) is 11.1 Å². The lowest BCUT2D eigenvalue weighted by molar-refractivity contribution is -0.113. The number of aromatic nitrogens is 4. The van der Waals surface area contributed by atoms with Crippen LogP contribution >= 0.6 is 11.8 Å². The lowest BCUT2D eigenvalue weighted by Crippen LogP contribution is -2.15. The van der Waals surface area contributed by atoms with Gasteiger partial charge in [0.15, 0.2) is 10.9 Å². The summed E-state index contributed by atoms with van der Waals surface area (Å²) in [7, 11) is 0. The highest BCUT2D eigenvalue weighted by molar-refractivity contribution is 7.99. The fourth-order valence-electron chi connectivity index (χ4n) is 2.36. The molecule has 25 heavy (non-hydrogen) atoms. The van der Waals surface area contributed by atoms with Crippen LogP contribution in [-0.2, 0) is 4.79 Å².